The molecule has 3 aromatic carbocycles. The zero-order valence-electron chi connectivity index (χ0n) is 27.8. The highest BCUT2D eigenvalue weighted by Crippen LogP contribution is 2.32. The number of carbonyl (C=O) groups is 1. The summed E-state index contributed by atoms with van der Waals surface area (Å²) in [5.41, 5.74) is 8.12. The molecule has 0 aliphatic rings. The van der Waals surface area contributed by atoms with Gasteiger partial charge in [0.1, 0.15) is 5.75 Å². The molecule has 0 unspecified atom stereocenters. The van der Waals surface area contributed by atoms with Gasteiger partial charge in [-0.2, -0.15) is 0 Å². The molecule has 0 aliphatic carbocycles. The van der Waals surface area contributed by atoms with Crippen LogP contribution >= 0.6 is 0 Å². The number of hydrogen-bond acceptors (Lipinski definition) is 5. The van der Waals surface area contributed by atoms with Crippen LogP contribution in [0.5, 0.6) is 5.75 Å². The fourth-order valence-electron chi connectivity index (χ4n) is 5.92. The van der Waals surface area contributed by atoms with Gasteiger partial charge in [0, 0.05) is 17.9 Å². The zero-order valence-corrected chi connectivity index (χ0v) is 27.8. The van der Waals surface area contributed by atoms with Gasteiger partial charge in [-0.15, -0.1) is 0 Å². The molecule has 45 heavy (non-hydrogen) atoms. The van der Waals surface area contributed by atoms with Crippen molar-refractivity contribution in [2.75, 3.05) is 26.4 Å². The first-order valence-corrected chi connectivity index (χ1v) is 16.9. The second kappa shape index (κ2) is 19.2. The Morgan fingerprint density at radius 2 is 1.44 bits per heavy atom. The summed E-state index contributed by atoms with van der Waals surface area (Å²) in [6, 6.07) is 22.1. The van der Waals surface area contributed by atoms with E-state index in [2.05, 4.69) is 75.0 Å². The number of carbonyl (C=O) groups excluding carboxylic acids is 1. The number of rotatable bonds is 21. The number of aliphatic hydroxyl groups is 2. The van der Waals surface area contributed by atoms with Gasteiger partial charge in [-0.3, -0.25) is 0 Å². The molecule has 0 saturated carbocycles. The van der Waals surface area contributed by atoms with Gasteiger partial charge in [-0.1, -0.05) is 95.1 Å². The van der Waals surface area contributed by atoms with Crippen molar-refractivity contribution < 1.29 is 24.5 Å². The van der Waals surface area contributed by atoms with Gasteiger partial charge in [0.15, 0.2) is 0 Å². The quantitative estimate of drug-likeness (QED) is 0.0718. The summed E-state index contributed by atoms with van der Waals surface area (Å²) in [5, 5.41) is 19.9. The third kappa shape index (κ3) is 11.2. The highest BCUT2D eigenvalue weighted by Gasteiger charge is 2.28. The number of esters is 1. The first kappa shape index (κ1) is 36.1. The van der Waals surface area contributed by atoms with E-state index in [1.807, 2.05) is 13.0 Å². The Morgan fingerprint density at radius 1 is 0.756 bits per heavy atom. The van der Waals surface area contributed by atoms with Crippen LogP contribution < -0.4 is 4.74 Å². The number of aliphatic hydroxyl groups excluding tert-OH is 2. The molecule has 2 N–H and O–H groups in total. The van der Waals surface area contributed by atoms with Crippen LogP contribution in [0.2, 0.25) is 0 Å². The van der Waals surface area contributed by atoms with Crippen molar-refractivity contribution in [3.63, 3.8) is 0 Å². The van der Waals surface area contributed by atoms with Crippen molar-refractivity contribution in [1.29, 1.82) is 0 Å². The Balaban J connectivity index is 1.75. The summed E-state index contributed by atoms with van der Waals surface area (Å²) in [6.07, 6.45) is 11.7. The third-order valence-electron chi connectivity index (χ3n) is 8.84. The standard InChI is InChI=1S/C40H54O5/c1-5-9-10-11-31-12-14-32(15-13-31)16-17-33-18-20-37(34(7-3)27-33)35-19-21-38(36(28-35)22-25-45-39(43)8-4)44-26-24-40(29-41,30-42)23-6-2/h8,12-15,18-21,27-28,41-42H,4-7,9-11,16-17,22-26,29-30H2,1-3H3. The van der Waals surface area contributed by atoms with Crippen LogP contribution in [0.1, 0.15) is 87.1 Å². The van der Waals surface area contributed by atoms with Crippen LogP contribution in [0.25, 0.3) is 11.1 Å². The van der Waals surface area contributed by atoms with E-state index in [4.69, 9.17) is 9.47 Å². The van der Waals surface area contributed by atoms with E-state index >= 15 is 0 Å². The monoisotopic (exact) mass is 614 g/mol. The predicted molar refractivity (Wildman–Crippen MR) is 185 cm³/mol. The fourth-order valence-corrected chi connectivity index (χ4v) is 5.92. The summed E-state index contributed by atoms with van der Waals surface area (Å²) in [5.74, 6) is 0.274. The van der Waals surface area contributed by atoms with E-state index in [1.165, 1.54) is 53.2 Å². The summed E-state index contributed by atoms with van der Waals surface area (Å²) < 4.78 is 11.5. The van der Waals surface area contributed by atoms with Crippen molar-refractivity contribution in [3.8, 4) is 16.9 Å². The minimum atomic E-state index is -0.552. The predicted octanol–water partition coefficient (Wildman–Crippen LogP) is 8.25. The first-order valence-electron chi connectivity index (χ1n) is 16.9. The van der Waals surface area contributed by atoms with Crippen LogP contribution in [-0.2, 0) is 41.6 Å². The molecule has 0 spiro atoms. The molecule has 244 valence electrons. The van der Waals surface area contributed by atoms with Crippen molar-refractivity contribution >= 4 is 5.97 Å². The molecule has 5 heteroatoms. The summed E-state index contributed by atoms with van der Waals surface area (Å²) in [7, 11) is 0. The number of unbranched alkanes of at least 4 members (excludes halogenated alkanes) is 2. The van der Waals surface area contributed by atoms with Crippen LogP contribution in [-0.4, -0.2) is 42.6 Å². The highest BCUT2D eigenvalue weighted by atomic mass is 16.5. The SMILES string of the molecule is C=CC(=O)OCCc1cc(-c2ccc(CCc3ccc(CCCCC)cc3)cc2CC)ccc1OCCC(CO)(CO)CCC. The zero-order chi connectivity index (χ0) is 32.5. The fraction of sp³-hybridized carbons (Fsp3) is 0.475. The number of benzene rings is 3. The molecule has 0 radical (unpaired) electrons. The van der Waals surface area contributed by atoms with Crippen molar-refractivity contribution in [2.24, 2.45) is 5.41 Å². The second-order valence-electron chi connectivity index (χ2n) is 12.2. The molecule has 3 rings (SSSR count). The number of aryl methyl sites for hydroxylation is 4. The smallest absolute Gasteiger partial charge is 0.330 e. The molecule has 0 heterocycles. The van der Waals surface area contributed by atoms with Crippen LogP contribution in [0.4, 0.5) is 0 Å². The Morgan fingerprint density at radius 3 is 2.09 bits per heavy atom. The maximum Gasteiger partial charge on any atom is 0.330 e. The minimum Gasteiger partial charge on any atom is -0.493 e. The van der Waals surface area contributed by atoms with Crippen molar-refractivity contribution in [2.45, 2.75) is 91.4 Å². The van der Waals surface area contributed by atoms with Crippen LogP contribution in [0.3, 0.4) is 0 Å². The number of ether oxygens (including phenoxy) is 2. The van der Waals surface area contributed by atoms with Gasteiger partial charge in [0.25, 0.3) is 0 Å². The largest absolute Gasteiger partial charge is 0.493 e. The van der Waals surface area contributed by atoms with E-state index in [9.17, 15) is 15.0 Å². The highest BCUT2D eigenvalue weighted by molar-refractivity contribution is 5.81. The Labute approximate surface area is 271 Å². The molecule has 0 atom stereocenters. The molecule has 0 fully saturated rings. The van der Waals surface area contributed by atoms with Crippen molar-refractivity contribution in [1.82, 2.24) is 0 Å². The lowest BCUT2D eigenvalue weighted by Gasteiger charge is -2.29. The molecule has 0 bridgehead atoms. The lowest BCUT2D eigenvalue weighted by Crippen LogP contribution is -2.31. The minimum absolute atomic E-state index is 0.0782. The van der Waals surface area contributed by atoms with E-state index in [-0.39, 0.29) is 19.8 Å². The summed E-state index contributed by atoms with van der Waals surface area (Å²) >= 11 is 0. The van der Waals surface area contributed by atoms with E-state index in [0.29, 0.717) is 19.4 Å². The molecule has 0 amide bonds. The van der Waals surface area contributed by atoms with Crippen molar-refractivity contribution in [3.05, 3.63) is 101 Å². The van der Waals surface area contributed by atoms with E-state index in [1.54, 1.807) is 0 Å². The van der Waals surface area contributed by atoms with Gasteiger partial charge in [0.05, 0.1) is 26.4 Å². The molecule has 3 aromatic rings. The molecular formula is C40H54O5. The molecule has 0 aliphatic heterocycles. The maximum atomic E-state index is 11.7. The second-order valence-corrected chi connectivity index (χ2v) is 12.2. The van der Waals surface area contributed by atoms with Gasteiger partial charge in [0.2, 0.25) is 0 Å². The van der Waals surface area contributed by atoms with Crippen LogP contribution in [0.15, 0.2) is 73.3 Å². The molecule has 5 nitrogen and oxygen atoms in total. The topological polar surface area (TPSA) is 76.0 Å². The van der Waals surface area contributed by atoms with Gasteiger partial charge >= 0.3 is 5.97 Å². The van der Waals surface area contributed by atoms with E-state index in [0.717, 1.165) is 55.4 Å². The Kier molecular flexibility index (Phi) is 15.4. The Hall–Kier alpha value is -3.41. The lowest BCUT2D eigenvalue weighted by atomic mass is 9.82. The normalized spacial score (nSPS) is 11.4. The maximum absolute atomic E-state index is 11.7. The van der Waals surface area contributed by atoms with E-state index < -0.39 is 11.4 Å². The van der Waals surface area contributed by atoms with Gasteiger partial charge < -0.3 is 19.7 Å². The molecular weight excluding hydrogens is 560 g/mol. The number of hydrogen-bond donors (Lipinski definition) is 2. The lowest BCUT2D eigenvalue weighted by molar-refractivity contribution is -0.137. The molecule has 0 aromatic heterocycles. The van der Waals surface area contributed by atoms with Gasteiger partial charge in [-0.25, -0.2) is 4.79 Å². The first-order chi connectivity index (χ1) is 21.9. The summed E-state index contributed by atoms with van der Waals surface area (Å²) in [6.45, 7) is 10.4. The average molecular weight is 615 g/mol. The van der Waals surface area contributed by atoms with Crippen LogP contribution in [0, 0.1) is 5.41 Å². The average Bonchev–Trinajstić information content (AvgIpc) is 3.07. The third-order valence-corrected chi connectivity index (χ3v) is 8.84. The Bertz CT molecular complexity index is 1320. The molecule has 0 saturated heterocycles. The summed E-state index contributed by atoms with van der Waals surface area (Å²) in [4.78, 5) is 11.7. The van der Waals surface area contributed by atoms with Gasteiger partial charge in [-0.05, 0) is 96.0 Å².